The van der Waals surface area contributed by atoms with Gasteiger partial charge < -0.3 is 0 Å². The van der Waals surface area contributed by atoms with Crippen molar-refractivity contribution in [2.75, 3.05) is 0 Å². The van der Waals surface area contributed by atoms with Crippen LogP contribution in [0.25, 0.3) is 0 Å². The Hall–Kier alpha value is -1.99. The van der Waals surface area contributed by atoms with E-state index in [0.717, 1.165) is 49.2 Å². The third-order valence-electron chi connectivity index (χ3n) is 11.1. The summed E-state index contributed by atoms with van der Waals surface area (Å²) in [7, 11) is 0. The number of hydrogen-bond donors (Lipinski definition) is 0. The minimum atomic E-state index is 0. The SMILES string of the molecule is CCCCCCCCCCCCCCCCCCCCCCCCCCCC=CC(C=Nc1cc(CC)cc(CC)c1)=Nc1cc(CC)cc(CC)c1.[Ni]. The Bertz CT molecular complexity index is 1210. The number of benzene rings is 2. The van der Waals surface area contributed by atoms with E-state index < -0.39 is 0 Å². The first-order valence-corrected chi connectivity index (χ1v) is 23.2. The molecule has 0 aliphatic rings. The number of unbranched alkanes of at least 4 members (excludes halogenated alkanes) is 25. The minimum Gasteiger partial charge on any atom is -0.255 e. The van der Waals surface area contributed by atoms with Crippen molar-refractivity contribution in [1.82, 2.24) is 0 Å². The molecule has 2 nitrogen and oxygen atoms in total. The monoisotopic (exact) mass is 783 g/mol. The van der Waals surface area contributed by atoms with E-state index in [1.807, 2.05) is 6.21 Å². The summed E-state index contributed by atoms with van der Waals surface area (Å²) in [6.45, 7) is 11.2. The van der Waals surface area contributed by atoms with Gasteiger partial charge in [-0.2, -0.15) is 0 Å². The number of nitrogens with zero attached hydrogens (tertiary/aromatic N) is 2. The Labute approximate surface area is 346 Å². The van der Waals surface area contributed by atoms with Crippen LogP contribution in [0, 0.1) is 0 Å². The predicted octanol–water partition coefficient (Wildman–Crippen LogP) is 17.1. The molecule has 0 spiro atoms. The number of rotatable bonds is 34. The smallest absolute Gasteiger partial charge is 0.0816 e. The molecule has 0 aromatic heterocycles. The molecular formula is C51H84N2Ni. The second-order valence-corrected chi connectivity index (χ2v) is 15.9. The van der Waals surface area contributed by atoms with Gasteiger partial charge in [0.15, 0.2) is 0 Å². The Balaban J connectivity index is 0.0000146. The van der Waals surface area contributed by atoms with Crippen LogP contribution in [0.2, 0.25) is 0 Å². The summed E-state index contributed by atoms with van der Waals surface area (Å²) >= 11 is 0. The summed E-state index contributed by atoms with van der Waals surface area (Å²) in [5.74, 6) is 0. The van der Waals surface area contributed by atoms with Crippen molar-refractivity contribution in [3.8, 4) is 0 Å². The molecule has 0 aliphatic carbocycles. The number of aryl methyl sites for hydroxylation is 4. The molecule has 54 heavy (non-hydrogen) atoms. The maximum absolute atomic E-state index is 5.09. The van der Waals surface area contributed by atoms with Crippen LogP contribution in [-0.4, -0.2) is 11.9 Å². The van der Waals surface area contributed by atoms with Crippen LogP contribution in [0.3, 0.4) is 0 Å². The molecule has 0 unspecified atom stereocenters. The van der Waals surface area contributed by atoms with Crippen LogP contribution >= 0.6 is 0 Å². The van der Waals surface area contributed by atoms with Gasteiger partial charge in [-0.25, -0.2) is 4.99 Å². The predicted molar refractivity (Wildman–Crippen MR) is 240 cm³/mol. The molecule has 0 radical (unpaired) electrons. The van der Waals surface area contributed by atoms with Gasteiger partial charge in [0.1, 0.15) is 0 Å². The topological polar surface area (TPSA) is 24.7 Å². The Morgan fingerprint density at radius 3 is 1.06 bits per heavy atom. The minimum absolute atomic E-state index is 0. The van der Waals surface area contributed by atoms with Crippen molar-refractivity contribution in [3.63, 3.8) is 0 Å². The molecule has 3 heteroatoms. The molecule has 0 atom stereocenters. The van der Waals surface area contributed by atoms with Crippen molar-refractivity contribution >= 4 is 23.3 Å². The van der Waals surface area contributed by atoms with Gasteiger partial charge >= 0.3 is 0 Å². The molecule has 2 aromatic rings. The molecule has 2 rings (SSSR count). The maximum atomic E-state index is 5.09. The molecule has 0 amide bonds. The van der Waals surface area contributed by atoms with Crippen molar-refractivity contribution in [2.24, 2.45) is 9.98 Å². The molecule has 0 saturated heterocycles. The zero-order chi connectivity index (χ0) is 38.0. The third-order valence-corrected chi connectivity index (χ3v) is 11.1. The summed E-state index contributed by atoms with van der Waals surface area (Å²) < 4.78 is 0. The van der Waals surface area contributed by atoms with E-state index in [4.69, 9.17) is 9.98 Å². The molecular weight excluding hydrogens is 699 g/mol. The van der Waals surface area contributed by atoms with E-state index in [1.54, 1.807) is 0 Å². The summed E-state index contributed by atoms with van der Waals surface area (Å²) in [4.78, 5) is 10.0. The zero-order valence-electron chi connectivity index (χ0n) is 36.1. The van der Waals surface area contributed by atoms with Crippen LogP contribution in [0.15, 0.2) is 58.5 Å². The maximum Gasteiger partial charge on any atom is 0.0816 e. The van der Waals surface area contributed by atoms with E-state index in [2.05, 4.69) is 83.2 Å². The first-order chi connectivity index (χ1) is 26.1. The fourth-order valence-corrected chi connectivity index (χ4v) is 7.45. The molecule has 0 N–H and O–H groups in total. The van der Waals surface area contributed by atoms with E-state index >= 15 is 0 Å². The molecule has 0 heterocycles. The number of allylic oxidation sites excluding steroid dienone is 2. The second kappa shape index (κ2) is 35.4. The normalized spacial score (nSPS) is 12.0. The molecule has 308 valence electrons. The van der Waals surface area contributed by atoms with Crippen LogP contribution in [0.5, 0.6) is 0 Å². The fourth-order valence-electron chi connectivity index (χ4n) is 7.45. The van der Waals surface area contributed by atoms with Gasteiger partial charge in [-0.15, -0.1) is 0 Å². The molecule has 0 fully saturated rings. The van der Waals surface area contributed by atoms with E-state index in [9.17, 15) is 0 Å². The number of hydrogen-bond acceptors (Lipinski definition) is 2. The largest absolute Gasteiger partial charge is 0.255 e. The molecule has 0 saturated carbocycles. The molecule has 0 aliphatic heterocycles. The van der Waals surface area contributed by atoms with E-state index in [0.29, 0.717) is 0 Å². The van der Waals surface area contributed by atoms with Gasteiger partial charge in [-0.1, -0.05) is 207 Å². The van der Waals surface area contributed by atoms with Crippen LogP contribution in [0.4, 0.5) is 11.4 Å². The zero-order valence-corrected chi connectivity index (χ0v) is 37.1. The van der Waals surface area contributed by atoms with Gasteiger partial charge in [0, 0.05) is 16.5 Å². The first-order valence-electron chi connectivity index (χ1n) is 23.2. The van der Waals surface area contributed by atoms with Crippen molar-refractivity contribution in [2.45, 2.75) is 227 Å². The van der Waals surface area contributed by atoms with Gasteiger partial charge in [-0.05, 0) is 91.1 Å². The van der Waals surface area contributed by atoms with Crippen molar-refractivity contribution in [3.05, 3.63) is 70.8 Å². The summed E-state index contributed by atoms with van der Waals surface area (Å²) in [6, 6.07) is 13.5. The molecule has 0 bridgehead atoms. The van der Waals surface area contributed by atoms with Crippen LogP contribution < -0.4 is 0 Å². The average molecular weight is 784 g/mol. The Kier molecular flexibility index (Phi) is 32.8. The summed E-state index contributed by atoms with van der Waals surface area (Å²) in [5.41, 5.74) is 8.38. The fraction of sp³-hybridized carbons (Fsp3) is 0.686. The average Bonchev–Trinajstić information content (AvgIpc) is 3.19. The first kappa shape index (κ1) is 50.0. The molecule has 2 aromatic carbocycles. The van der Waals surface area contributed by atoms with Gasteiger partial charge in [0.2, 0.25) is 0 Å². The third kappa shape index (κ3) is 26.0. The summed E-state index contributed by atoms with van der Waals surface area (Å²) in [5, 5.41) is 0. The van der Waals surface area contributed by atoms with Crippen molar-refractivity contribution in [1.29, 1.82) is 0 Å². The van der Waals surface area contributed by atoms with Gasteiger partial charge in [0.25, 0.3) is 0 Å². The quantitative estimate of drug-likeness (QED) is 0.0384. The second-order valence-electron chi connectivity index (χ2n) is 15.9. The van der Waals surface area contributed by atoms with Gasteiger partial charge in [0.05, 0.1) is 23.3 Å². The van der Waals surface area contributed by atoms with Crippen LogP contribution in [-0.2, 0) is 42.2 Å². The standard InChI is InChI=1S/C51H84N2.Ni/c1-6-11-12-13-14-15-16-17-18-19-20-21-22-23-24-25-26-27-28-29-30-31-32-33-34-35-36-37-49(53-51-42-47(9-4)39-48(10-5)43-51)44-52-50-40-45(7-2)38-46(8-3)41-50;/h36-44H,6-35H2,1-5H3;. The number of aliphatic imine (C=N–C) groups is 2. The van der Waals surface area contributed by atoms with Gasteiger partial charge in [-0.3, -0.25) is 4.99 Å². The van der Waals surface area contributed by atoms with Crippen LogP contribution in [0.1, 0.15) is 224 Å². The Morgan fingerprint density at radius 2 is 0.722 bits per heavy atom. The Morgan fingerprint density at radius 1 is 0.407 bits per heavy atom. The summed E-state index contributed by atoms with van der Waals surface area (Å²) in [6.07, 6.45) is 47.6. The van der Waals surface area contributed by atoms with Crippen molar-refractivity contribution < 1.29 is 16.5 Å². The van der Waals surface area contributed by atoms with E-state index in [-0.39, 0.29) is 16.5 Å². The van der Waals surface area contributed by atoms with E-state index in [1.165, 1.54) is 183 Å².